The van der Waals surface area contributed by atoms with Gasteiger partial charge in [-0.3, -0.25) is 4.84 Å². The Hall–Kier alpha value is -0.680. The van der Waals surface area contributed by atoms with Crippen LogP contribution in [0.1, 0.15) is 13.3 Å². The van der Waals surface area contributed by atoms with Crippen LogP contribution in [0, 0.1) is 11.3 Å². The lowest BCUT2D eigenvalue weighted by Gasteiger charge is -2.16. The molecule has 0 saturated carbocycles. The van der Waals surface area contributed by atoms with Crippen LogP contribution in [-0.2, 0) is 14.9 Å². The molecule has 7 heteroatoms. The molecule has 1 fully saturated rings. The van der Waals surface area contributed by atoms with Crippen molar-refractivity contribution in [3.63, 3.8) is 0 Å². The minimum absolute atomic E-state index is 0.0406. The van der Waals surface area contributed by atoms with Crippen molar-refractivity contribution in [1.82, 2.24) is 4.47 Å². The Morgan fingerprint density at radius 1 is 1.79 bits per heavy atom. The molecule has 1 N–H and O–H groups in total. The van der Waals surface area contributed by atoms with Gasteiger partial charge in [0.15, 0.2) is 5.25 Å². The van der Waals surface area contributed by atoms with E-state index in [-0.39, 0.29) is 19.6 Å². The number of aliphatic hydroxyl groups excluding tert-OH is 1. The molecule has 0 bridgehead atoms. The average Bonchev–Trinajstić information content (AvgIpc) is 2.54. The van der Waals surface area contributed by atoms with Gasteiger partial charge in [0, 0.05) is 0 Å². The van der Waals surface area contributed by atoms with Crippen molar-refractivity contribution in [2.24, 2.45) is 0 Å². The molecule has 0 aliphatic carbocycles. The van der Waals surface area contributed by atoms with E-state index in [0.29, 0.717) is 4.47 Å². The third kappa shape index (κ3) is 2.04. The van der Waals surface area contributed by atoms with Crippen LogP contribution in [0.5, 0.6) is 0 Å². The normalized spacial score (nSPS) is 25.9. The average molecular weight is 220 g/mol. The molecule has 1 aliphatic rings. The van der Waals surface area contributed by atoms with Crippen LogP contribution in [-0.4, -0.2) is 42.5 Å². The minimum Gasteiger partial charge on any atom is -0.389 e. The summed E-state index contributed by atoms with van der Waals surface area (Å²) in [5.74, 6) is 0. The van der Waals surface area contributed by atoms with Gasteiger partial charge in [-0.1, -0.05) is 11.4 Å². The molecular weight excluding hydrogens is 208 g/mol. The summed E-state index contributed by atoms with van der Waals surface area (Å²) in [6, 6.07) is 1.69. The molecule has 0 spiro atoms. The summed E-state index contributed by atoms with van der Waals surface area (Å²) in [6.45, 7) is 1.47. The number of sulfonamides is 1. The minimum atomic E-state index is -3.74. The number of rotatable bonds is 3. The van der Waals surface area contributed by atoms with Gasteiger partial charge in [-0.15, -0.1) is 0 Å². The molecule has 80 valence electrons. The van der Waals surface area contributed by atoms with E-state index < -0.39 is 21.4 Å². The highest BCUT2D eigenvalue weighted by molar-refractivity contribution is 7.89. The fourth-order valence-electron chi connectivity index (χ4n) is 1.13. The Bertz CT molecular complexity index is 334. The van der Waals surface area contributed by atoms with Gasteiger partial charge in [-0.2, -0.15) is 5.26 Å². The predicted octanol–water partition coefficient (Wildman–Crippen LogP) is -0.774. The SMILES string of the molecule is CCC(C#N)S(=O)(=O)N1C[C@H](O)CO1. The van der Waals surface area contributed by atoms with Crippen LogP contribution in [0.2, 0.25) is 0 Å². The Labute approximate surface area is 82.7 Å². The van der Waals surface area contributed by atoms with E-state index >= 15 is 0 Å². The lowest BCUT2D eigenvalue weighted by molar-refractivity contribution is -0.0321. The first-order valence-electron chi connectivity index (χ1n) is 4.24. The van der Waals surface area contributed by atoms with Gasteiger partial charge in [-0.25, -0.2) is 8.42 Å². The first-order valence-corrected chi connectivity index (χ1v) is 5.74. The van der Waals surface area contributed by atoms with Gasteiger partial charge in [-0.05, 0) is 6.42 Å². The second kappa shape index (κ2) is 4.23. The van der Waals surface area contributed by atoms with Crippen LogP contribution in [0.4, 0.5) is 0 Å². The van der Waals surface area contributed by atoms with E-state index in [9.17, 15) is 8.42 Å². The maximum Gasteiger partial charge on any atom is 0.252 e. The third-order valence-corrected chi connectivity index (χ3v) is 3.91. The summed E-state index contributed by atoms with van der Waals surface area (Å²) in [4.78, 5) is 4.76. The van der Waals surface area contributed by atoms with Crippen molar-refractivity contribution >= 4 is 10.0 Å². The standard InChI is InChI=1S/C7H12N2O4S/c1-2-7(3-8)14(11,12)9-4-6(10)5-13-9/h6-7,10H,2,4-5H2,1H3/t6-,7?/m0/s1. The van der Waals surface area contributed by atoms with Crippen molar-refractivity contribution in [3.05, 3.63) is 0 Å². The number of hydrogen-bond acceptors (Lipinski definition) is 5. The largest absolute Gasteiger partial charge is 0.389 e. The molecule has 1 aliphatic heterocycles. The number of nitrogens with zero attached hydrogens (tertiary/aromatic N) is 2. The highest BCUT2D eigenvalue weighted by Crippen LogP contribution is 2.17. The smallest absolute Gasteiger partial charge is 0.252 e. The van der Waals surface area contributed by atoms with E-state index in [0.717, 1.165) is 0 Å². The second-order valence-corrected chi connectivity index (χ2v) is 5.01. The number of β-amino-alcohol motifs (C(OH)–C–C–N with tert-alkyl or cyclic N) is 1. The zero-order chi connectivity index (χ0) is 10.8. The maximum absolute atomic E-state index is 11.6. The lowest BCUT2D eigenvalue weighted by Crippen LogP contribution is -2.36. The van der Waals surface area contributed by atoms with E-state index in [2.05, 4.69) is 0 Å². The van der Waals surface area contributed by atoms with Crippen LogP contribution in [0.15, 0.2) is 0 Å². The highest BCUT2D eigenvalue weighted by Gasteiger charge is 2.37. The molecule has 14 heavy (non-hydrogen) atoms. The van der Waals surface area contributed by atoms with Gasteiger partial charge < -0.3 is 5.11 Å². The molecular formula is C7H12N2O4S. The Balaban J connectivity index is 2.81. The molecule has 0 aromatic heterocycles. The van der Waals surface area contributed by atoms with Gasteiger partial charge >= 0.3 is 0 Å². The molecule has 1 rings (SSSR count). The summed E-state index contributed by atoms with van der Waals surface area (Å²) < 4.78 is 23.9. The van der Waals surface area contributed by atoms with Crippen LogP contribution >= 0.6 is 0 Å². The number of aliphatic hydroxyl groups is 1. The fraction of sp³-hybridized carbons (Fsp3) is 0.857. The molecule has 2 atom stereocenters. The van der Waals surface area contributed by atoms with Gasteiger partial charge in [0.1, 0.15) is 0 Å². The van der Waals surface area contributed by atoms with E-state index in [1.165, 1.54) is 0 Å². The zero-order valence-electron chi connectivity index (χ0n) is 7.75. The summed E-state index contributed by atoms with van der Waals surface area (Å²) >= 11 is 0. The lowest BCUT2D eigenvalue weighted by atomic mass is 10.4. The van der Waals surface area contributed by atoms with E-state index in [1.807, 2.05) is 0 Å². The monoisotopic (exact) mass is 220 g/mol. The van der Waals surface area contributed by atoms with Crippen molar-refractivity contribution in [2.45, 2.75) is 24.7 Å². The van der Waals surface area contributed by atoms with Gasteiger partial charge in [0.25, 0.3) is 10.0 Å². The summed E-state index contributed by atoms with van der Waals surface area (Å²) in [5.41, 5.74) is 0. The predicted molar refractivity (Wildman–Crippen MR) is 47.3 cm³/mol. The van der Waals surface area contributed by atoms with E-state index in [1.54, 1.807) is 13.0 Å². The second-order valence-electron chi connectivity index (χ2n) is 3.01. The topological polar surface area (TPSA) is 90.6 Å². The first kappa shape index (κ1) is 11.4. The molecule has 0 amide bonds. The van der Waals surface area contributed by atoms with Crippen LogP contribution in [0.25, 0.3) is 0 Å². The molecule has 1 unspecified atom stereocenters. The molecule has 0 aromatic carbocycles. The van der Waals surface area contributed by atoms with Crippen molar-refractivity contribution in [3.8, 4) is 6.07 Å². The fourth-order valence-corrected chi connectivity index (χ4v) is 2.56. The Kier molecular flexibility index (Phi) is 3.44. The Morgan fingerprint density at radius 3 is 2.79 bits per heavy atom. The Morgan fingerprint density at radius 2 is 2.43 bits per heavy atom. The molecule has 0 aromatic rings. The summed E-state index contributed by atoms with van der Waals surface area (Å²) in [5, 5.41) is 16.6. The molecule has 1 saturated heterocycles. The quantitative estimate of drug-likeness (QED) is 0.674. The molecule has 1 heterocycles. The van der Waals surface area contributed by atoms with Crippen LogP contribution in [0.3, 0.4) is 0 Å². The van der Waals surface area contributed by atoms with Crippen molar-refractivity contribution in [1.29, 1.82) is 5.26 Å². The summed E-state index contributed by atoms with van der Waals surface area (Å²) in [7, 11) is -3.74. The molecule has 0 radical (unpaired) electrons. The number of hydroxylamine groups is 1. The van der Waals surface area contributed by atoms with Crippen molar-refractivity contribution in [2.75, 3.05) is 13.2 Å². The van der Waals surface area contributed by atoms with Crippen molar-refractivity contribution < 1.29 is 18.4 Å². The maximum atomic E-state index is 11.6. The number of hydrogen-bond donors (Lipinski definition) is 1. The molecule has 6 nitrogen and oxygen atoms in total. The third-order valence-electron chi connectivity index (χ3n) is 1.93. The highest BCUT2D eigenvalue weighted by atomic mass is 32.2. The van der Waals surface area contributed by atoms with Gasteiger partial charge in [0.2, 0.25) is 0 Å². The van der Waals surface area contributed by atoms with E-state index in [4.69, 9.17) is 15.2 Å². The van der Waals surface area contributed by atoms with Gasteiger partial charge in [0.05, 0.1) is 25.3 Å². The number of nitriles is 1. The van der Waals surface area contributed by atoms with Crippen LogP contribution < -0.4 is 0 Å². The first-order chi connectivity index (χ1) is 6.52. The zero-order valence-corrected chi connectivity index (χ0v) is 8.57. The summed E-state index contributed by atoms with van der Waals surface area (Å²) in [6.07, 6.45) is -0.601.